The highest BCUT2D eigenvalue weighted by Crippen LogP contribution is 2.33. The summed E-state index contributed by atoms with van der Waals surface area (Å²) in [6.45, 7) is 2.69. The molecular weight excluding hydrogens is 368 g/mol. The molecule has 29 heavy (non-hydrogen) atoms. The molecule has 2 aromatic rings. The minimum absolute atomic E-state index is 0.0347. The molecule has 1 saturated carbocycles. The second kappa shape index (κ2) is 8.55. The lowest BCUT2D eigenvalue weighted by Crippen LogP contribution is -2.35. The number of carbonyl (C=O) groups is 2. The first kappa shape index (κ1) is 19.3. The summed E-state index contributed by atoms with van der Waals surface area (Å²) >= 11 is 0. The number of carbonyl (C=O) groups excluding carboxylic acids is 2. The Labute approximate surface area is 170 Å². The number of fused-ring (bicyclic) bond motifs is 1. The Hall–Kier alpha value is -3.02. The minimum Gasteiger partial charge on any atom is -0.454 e. The summed E-state index contributed by atoms with van der Waals surface area (Å²) in [5.41, 5.74) is 2.90. The number of amides is 2. The molecule has 152 valence electrons. The number of hydrogen-bond acceptors (Lipinski definition) is 4. The van der Waals surface area contributed by atoms with E-state index in [4.69, 9.17) is 9.47 Å². The van der Waals surface area contributed by atoms with Crippen molar-refractivity contribution in [2.45, 2.75) is 39.2 Å². The Kier molecular flexibility index (Phi) is 5.69. The van der Waals surface area contributed by atoms with E-state index >= 15 is 0 Å². The van der Waals surface area contributed by atoms with Crippen LogP contribution in [-0.4, -0.2) is 18.6 Å². The summed E-state index contributed by atoms with van der Waals surface area (Å²) in [7, 11) is 0. The number of aryl methyl sites for hydroxylation is 1. The predicted molar refractivity (Wildman–Crippen MR) is 110 cm³/mol. The first-order chi connectivity index (χ1) is 14.1. The summed E-state index contributed by atoms with van der Waals surface area (Å²) in [4.78, 5) is 25.1. The highest BCUT2D eigenvalue weighted by molar-refractivity contribution is 5.93. The molecular formula is C23H26N2O4. The van der Waals surface area contributed by atoms with E-state index in [9.17, 15) is 9.59 Å². The smallest absolute Gasteiger partial charge is 0.231 e. The van der Waals surface area contributed by atoms with Crippen molar-refractivity contribution in [3.05, 3.63) is 53.6 Å². The fourth-order valence-corrected chi connectivity index (χ4v) is 3.95. The van der Waals surface area contributed by atoms with Crippen LogP contribution in [0.2, 0.25) is 0 Å². The molecule has 2 amide bonds. The molecule has 1 aliphatic heterocycles. The van der Waals surface area contributed by atoms with Crippen LogP contribution in [0.3, 0.4) is 0 Å². The number of rotatable bonds is 5. The maximum absolute atomic E-state index is 12.6. The third kappa shape index (κ3) is 4.53. The van der Waals surface area contributed by atoms with Gasteiger partial charge in [0.2, 0.25) is 18.6 Å². The largest absolute Gasteiger partial charge is 0.454 e. The summed E-state index contributed by atoms with van der Waals surface area (Å²) in [5.74, 6) is 1.50. The minimum atomic E-state index is -0.0356. The monoisotopic (exact) mass is 394 g/mol. The van der Waals surface area contributed by atoms with Gasteiger partial charge >= 0.3 is 0 Å². The lowest BCUT2D eigenvalue weighted by Gasteiger charge is -2.27. The average Bonchev–Trinajstić information content (AvgIpc) is 3.21. The summed E-state index contributed by atoms with van der Waals surface area (Å²) in [6, 6.07) is 13.5. The van der Waals surface area contributed by atoms with Crippen LogP contribution in [0.5, 0.6) is 11.5 Å². The molecule has 2 N–H and O–H groups in total. The molecule has 0 bridgehead atoms. The van der Waals surface area contributed by atoms with Gasteiger partial charge in [0.25, 0.3) is 0 Å². The summed E-state index contributed by atoms with van der Waals surface area (Å²) < 4.78 is 10.7. The molecule has 0 atom stereocenters. The van der Waals surface area contributed by atoms with E-state index in [0.29, 0.717) is 6.54 Å². The number of para-hydroxylation sites is 1. The Bertz CT molecular complexity index is 904. The van der Waals surface area contributed by atoms with Gasteiger partial charge in [-0.05, 0) is 61.9 Å². The van der Waals surface area contributed by atoms with Crippen molar-refractivity contribution in [2.24, 2.45) is 11.8 Å². The van der Waals surface area contributed by atoms with E-state index in [-0.39, 0.29) is 30.4 Å². The van der Waals surface area contributed by atoms with Gasteiger partial charge in [0.15, 0.2) is 11.5 Å². The van der Waals surface area contributed by atoms with Crippen molar-refractivity contribution >= 4 is 17.5 Å². The topological polar surface area (TPSA) is 76.7 Å². The molecule has 0 unspecified atom stereocenters. The SMILES string of the molecule is Cc1ccccc1NC(=O)C1CCC(C(=O)NCc2ccc3c(c2)OCO3)CC1. The fraction of sp³-hybridized carbons (Fsp3) is 0.391. The van der Waals surface area contributed by atoms with Gasteiger partial charge < -0.3 is 20.1 Å². The van der Waals surface area contributed by atoms with E-state index < -0.39 is 0 Å². The molecule has 0 radical (unpaired) electrons. The van der Waals surface area contributed by atoms with Crippen molar-refractivity contribution in [3.8, 4) is 11.5 Å². The Morgan fingerprint density at radius 1 is 0.931 bits per heavy atom. The van der Waals surface area contributed by atoms with E-state index in [1.807, 2.05) is 49.4 Å². The van der Waals surface area contributed by atoms with Crippen LogP contribution < -0.4 is 20.1 Å². The quantitative estimate of drug-likeness (QED) is 0.809. The van der Waals surface area contributed by atoms with Crippen molar-refractivity contribution in [1.29, 1.82) is 0 Å². The molecule has 0 saturated heterocycles. The van der Waals surface area contributed by atoms with Gasteiger partial charge in [0, 0.05) is 24.1 Å². The zero-order chi connectivity index (χ0) is 20.2. The Morgan fingerprint density at radius 3 is 2.38 bits per heavy atom. The van der Waals surface area contributed by atoms with Gasteiger partial charge in [-0.1, -0.05) is 24.3 Å². The molecule has 6 heteroatoms. The number of benzene rings is 2. The van der Waals surface area contributed by atoms with Crippen LogP contribution in [0.25, 0.3) is 0 Å². The molecule has 1 fully saturated rings. The average molecular weight is 394 g/mol. The zero-order valence-corrected chi connectivity index (χ0v) is 16.6. The van der Waals surface area contributed by atoms with E-state index in [2.05, 4.69) is 10.6 Å². The zero-order valence-electron chi connectivity index (χ0n) is 16.6. The van der Waals surface area contributed by atoms with Crippen molar-refractivity contribution in [2.75, 3.05) is 12.1 Å². The van der Waals surface area contributed by atoms with E-state index in [0.717, 1.165) is 54.0 Å². The Morgan fingerprint density at radius 2 is 1.62 bits per heavy atom. The van der Waals surface area contributed by atoms with Crippen LogP contribution in [0.4, 0.5) is 5.69 Å². The molecule has 2 aromatic carbocycles. The van der Waals surface area contributed by atoms with E-state index in [1.165, 1.54) is 0 Å². The second-order valence-corrected chi connectivity index (χ2v) is 7.76. The molecule has 0 aromatic heterocycles. The summed E-state index contributed by atoms with van der Waals surface area (Å²) in [5, 5.41) is 6.04. The second-order valence-electron chi connectivity index (χ2n) is 7.76. The van der Waals surface area contributed by atoms with Crippen LogP contribution >= 0.6 is 0 Å². The highest BCUT2D eigenvalue weighted by atomic mass is 16.7. The first-order valence-electron chi connectivity index (χ1n) is 10.1. The fourth-order valence-electron chi connectivity index (χ4n) is 3.95. The maximum atomic E-state index is 12.6. The van der Waals surface area contributed by atoms with Crippen molar-refractivity contribution in [1.82, 2.24) is 5.32 Å². The van der Waals surface area contributed by atoms with Crippen LogP contribution in [0, 0.1) is 18.8 Å². The van der Waals surface area contributed by atoms with Crippen LogP contribution in [0.1, 0.15) is 36.8 Å². The van der Waals surface area contributed by atoms with Gasteiger partial charge in [-0.3, -0.25) is 9.59 Å². The van der Waals surface area contributed by atoms with Crippen molar-refractivity contribution in [3.63, 3.8) is 0 Å². The van der Waals surface area contributed by atoms with Gasteiger partial charge in [0.1, 0.15) is 0 Å². The van der Waals surface area contributed by atoms with Gasteiger partial charge in [0.05, 0.1) is 0 Å². The van der Waals surface area contributed by atoms with Crippen LogP contribution in [0.15, 0.2) is 42.5 Å². The highest BCUT2D eigenvalue weighted by Gasteiger charge is 2.30. The summed E-state index contributed by atoms with van der Waals surface area (Å²) in [6.07, 6.45) is 2.94. The molecule has 1 heterocycles. The van der Waals surface area contributed by atoms with Gasteiger partial charge in [-0.2, -0.15) is 0 Å². The first-order valence-corrected chi connectivity index (χ1v) is 10.1. The third-order valence-electron chi connectivity index (χ3n) is 5.78. The molecule has 2 aliphatic rings. The van der Waals surface area contributed by atoms with Crippen LogP contribution in [-0.2, 0) is 16.1 Å². The number of ether oxygens (including phenoxy) is 2. The number of hydrogen-bond donors (Lipinski definition) is 2. The number of nitrogens with one attached hydrogen (secondary N) is 2. The predicted octanol–water partition coefficient (Wildman–Crippen LogP) is 3.79. The number of anilines is 1. The molecule has 4 rings (SSSR count). The standard InChI is InChI=1S/C23H26N2O4/c1-15-4-2-3-5-19(15)25-23(27)18-9-7-17(8-10-18)22(26)24-13-16-6-11-20-21(12-16)29-14-28-20/h2-6,11-12,17-18H,7-10,13-14H2,1H3,(H,24,26)(H,25,27). The third-order valence-corrected chi connectivity index (χ3v) is 5.78. The normalized spacial score (nSPS) is 20.2. The maximum Gasteiger partial charge on any atom is 0.231 e. The Balaban J connectivity index is 1.24. The van der Waals surface area contributed by atoms with E-state index in [1.54, 1.807) is 0 Å². The molecule has 0 spiro atoms. The van der Waals surface area contributed by atoms with Gasteiger partial charge in [-0.25, -0.2) is 0 Å². The molecule has 1 aliphatic carbocycles. The molecule has 6 nitrogen and oxygen atoms in total. The lowest BCUT2D eigenvalue weighted by molar-refractivity contribution is -0.128. The van der Waals surface area contributed by atoms with Gasteiger partial charge in [-0.15, -0.1) is 0 Å². The lowest BCUT2D eigenvalue weighted by atomic mass is 9.81. The van der Waals surface area contributed by atoms with Crippen molar-refractivity contribution < 1.29 is 19.1 Å².